The van der Waals surface area contributed by atoms with Crippen LogP contribution in [0.15, 0.2) is 34.0 Å². The molecule has 2 aromatic rings. The number of hydroxylamine groups is 2. The zero-order valence-electron chi connectivity index (χ0n) is 14.3. The van der Waals surface area contributed by atoms with Crippen LogP contribution in [0.2, 0.25) is 0 Å². The number of hydrogen-bond donors (Lipinski definition) is 0. The second-order valence-electron chi connectivity index (χ2n) is 5.85. The Bertz CT molecular complexity index is 815. The van der Waals surface area contributed by atoms with Crippen molar-refractivity contribution in [3.05, 3.63) is 46.5 Å². The molecular formula is C17H17N3O4S2. The van der Waals surface area contributed by atoms with Crippen LogP contribution in [0.5, 0.6) is 0 Å². The lowest BCUT2D eigenvalue weighted by Gasteiger charge is -2.12. The Morgan fingerprint density at radius 3 is 2.50 bits per heavy atom. The predicted octanol–water partition coefficient (Wildman–Crippen LogP) is 2.09. The molecule has 0 radical (unpaired) electrons. The van der Waals surface area contributed by atoms with Gasteiger partial charge in [-0.15, -0.1) is 11.3 Å². The summed E-state index contributed by atoms with van der Waals surface area (Å²) in [5.41, 5.74) is 1.03. The Morgan fingerprint density at radius 1 is 1.23 bits per heavy atom. The largest absolute Gasteiger partial charge is 0.339 e. The topological polar surface area (TPSA) is 79.8 Å². The molecule has 0 saturated carbocycles. The first-order valence-corrected chi connectivity index (χ1v) is 9.73. The summed E-state index contributed by atoms with van der Waals surface area (Å²) >= 11 is 3.07. The van der Waals surface area contributed by atoms with Gasteiger partial charge in [0.25, 0.3) is 11.8 Å². The molecule has 0 aliphatic carbocycles. The first kappa shape index (κ1) is 18.6. The van der Waals surface area contributed by atoms with Gasteiger partial charge in [0, 0.05) is 17.7 Å². The molecule has 3 rings (SSSR count). The number of nitrogens with zero attached hydrogens (tertiary/aromatic N) is 3. The van der Waals surface area contributed by atoms with Gasteiger partial charge in [0.05, 0.1) is 23.2 Å². The van der Waals surface area contributed by atoms with E-state index in [1.807, 2.05) is 14.1 Å². The van der Waals surface area contributed by atoms with Gasteiger partial charge in [-0.25, -0.2) is 9.78 Å². The maximum Gasteiger partial charge on any atom is 0.339 e. The molecule has 0 fully saturated rings. The summed E-state index contributed by atoms with van der Waals surface area (Å²) in [7, 11) is 4.01. The van der Waals surface area contributed by atoms with Gasteiger partial charge in [-0.1, -0.05) is 29.0 Å². The van der Waals surface area contributed by atoms with E-state index in [0.29, 0.717) is 10.8 Å². The van der Waals surface area contributed by atoms with Crippen LogP contribution in [0.25, 0.3) is 0 Å². The molecule has 1 aliphatic rings. The Morgan fingerprint density at radius 2 is 1.88 bits per heavy atom. The van der Waals surface area contributed by atoms with Crippen molar-refractivity contribution >= 4 is 40.9 Å². The molecule has 1 aliphatic heterocycles. The molecule has 7 nitrogen and oxygen atoms in total. The third-order valence-corrected chi connectivity index (χ3v) is 5.62. The lowest BCUT2D eigenvalue weighted by Crippen LogP contribution is -2.33. The van der Waals surface area contributed by atoms with Crippen LogP contribution in [0.4, 0.5) is 0 Å². The fraction of sp³-hybridized carbons (Fsp3) is 0.294. The monoisotopic (exact) mass is 391 g/mol. The fourth-order valence-corrected chi connectivity index (χ4v) is 4.31. The van der Waals surface area contributed by atoms with Gasteiger partial charge in [0.15, 0.2) is 0 Å². The number of thiazole rings is 1. The Balaban J connectivity index is 1.56. The second kappa shape index (κ2) is 7.98. The second-order valence-corrected chi connectivity index (χ2v) is 8.05. The van der Waals surface area contributed by atoms with Crippen molar-refractivity contribution < 1.29 is 19.2 Å². The average Bonchev–Trinajstić information content (AvgIpc) is 3.13. The highest BCUT2D eigenvalue weighted by Gasteiger charge is 2.38. The lowest BCUT2D eigenvalue weighted by atomic mass is 10.1. The molecular weight excluding hydrogens is 374 g/mol. The molecule has 0 unspecified atom stereocenters. The number of aromatic nitrogens is 1. The van der Waals surface area contributed by atoms with Crippen molar-refractivity contribution in [2.45, 2.75) is 10.8 Å². The van der Waals surface area contributed by atoms with E-state index in [9.17, 15) is 14.4 Å². The Kier molecular flexibility index (Phi) is 5.70. The highest BCUT2D eigenvalue weighted by molar-refractivity contribution is 8.01. The third-order valence-electron chi connectivity index (χ3n) is 3.57. The van der Waals surface area contributed by atoms with E-state index in [-0.39, 0.29) is 17.5 Å². The Hall–Kier alpha value is -2.23. The third kappa shape index (κ3) is 4.12. The molecule has 2 amide bonds. The van der Waals surface area contributed by atoms with E-state index < -0.39 is 17.8 Å². The van der Waals surface area contributed by atoms with Crippen molar-refractivity contribution in [2.24, 2.45) is 0 Å². The first-order valence-electron chi connectivity index (χ1n) is 7.86. The molecule has 9 heteroatoms. The molecule has 0 saturated heterocycles. The molecule has 0 N–H and O–H groups in total. The van der Waals surface area contributed by atoms with E-state index >= 15 is 0 Å². The van der Waals surface area contributed by atoms with E-state index in [1.54, 1.807) is 29.3 Å². The van der Waals surface area contributed by atoms with Gasteiger partial charge in [0.2, 0.25) is 0 Å². The number of fused-ring (bicyclic) bond motifs is 1. The zero-order chi connectivity index (χ0) is 18.7. The number of thioether (sulfide) groups is 1. The van der Waals surface area contributed by atoms with Crippen LogP contribution in [-0.2, 0) is 16.1 Å². The molecule has 26 heavy (non-hydrogen) atoms. The zero-order valence-corrected chi connectivity index (χ0v) is 15.9. The summed E-state index contributed by atoms with van der Waals surface area (Å²) in [6.07, 6.45) is -0.0991. The minimum absolute atomic E-state index is 0.0991. The van der Waals surface area contributed by atoms with Crippen molar-refractivity contribution in [3.63, 3.8) is 0 Å². The van der Waals surface area contributed by atoms with Crippen molar-refractivity contribution in [1.29, 1.82) is 0 Å². The highest BCUT2D eigenvalue weighted by Crippen LogP contribution is 2.24. The quantitative estimate of drug-likeness (QED) is 0.528. The number of carbonyl (C=O) groups excluding carboxylic acids is 3. The fourth-order valence-electron chi connectivity index (χ4n) is 2.28. The van der Waals surface area contributed by atoms with Crippen LogP contribution < -0.4 is 0 Å². The molecule has 1 aromatic heterocycles. The molecule has 2 heterocycles. The van der Waals surface area contributed by atoms with Gasteiger partial charge < -0.3 is 9.74 Å². The van der Waals surface area contributed by atoms with Gasteiger partial charge in [-0.3, -0.25) is 9.59 Å². The van der Waals surface area contributed by atoms with Crippen LogP contribution in [0, 0.1) is 0 Å². The van der Waals surface area contributed by atoms with Crippen LogP contribution in [-0.4, -0.2) is 59.1 Å². The van der Waals surface area contributed by atoms with E-state index in [4.69, 9.17) is 4.84 Å². The van der Waals surface area contributed by atoms with E-state index in [2.05, 4.69) is 9.88 Å². The number of benzene rings is 1. The first-order chi connectivity index (χ1) is 12.5. The number of carbonyl (C=O) groups is 3. The molecule has 1 aromatic carbocycles. The summed E-state index contributed by atoms with van der Waals surface area (Å²) in [6, 6.07) is 6.36. The van der Waals surface area contributed by atoms with Crippen molar-refractivity contribution in [3.8, 4) is 0 Å². The normalized spacial score (nSPS) is 13.4. The number of hydrogen-bond acceptors (Lipinski definition) is 8. The number of imide groups is 1. The van der Waals surface area contributed by atoms with Crippen LogP contribution >= 0.6 is 23.1 Å². The van der Waals surface area contributed by atoms with Crippen molar-refractivity contribution in [1.82, 2.24) is 14.9 Å². The minimum Gasteiger partial charge on any atom is -0.329 e. The lowest BCUT2D eigenvalue weighted by molar-refractivity contribution is -0.167. The van der Waals surface area contributed by atoms with E-state index in [0.717, 1.165) is 16.6 Å². The SMILES string of the molecule is CN(C)CCSc1nc(CC(=O)ON2C(=O)c3ccccc3C2=O)cs1. The van der Waals surface area contributed by atoms with Crippen LogP contribution in [0.3, 0.4) is 0 Å². The van der Waals surface area contributed by atoms with Gasteiger partial charge in [-0.2, -0.15) is 0 Å². The summed E-state index contributed by atoms with van der Waals surface area (Å²) in [5, 5.41) is 2.30. The predicted molar refractivity (Wildman–Crippen MR) is 98.1 cm³/mol. The van der Waals surface area contributed by atoms with Crippen LogP contribution in [0.1, 0.15) is 26.4 Å². The highest BCUT2D eigenvalue weighted by atomic mass is 32.2. The average molecular weight is 391 g/mol. The summed E-state index contributed by atoms with van der Waals surface area (Å²) in [5.74, 6) is -1.05. The summed E-state index contributed by atoms with van der Waals surface area (Å²) < 4.78 is 0.871. The Labute approximate surface area is 158 Å². The molecule has 0 spiro atoms. The summed E-state index contributed by atoms with van der Waals surface area (Å²) in [4.78, 5) is 47.9. The number of rotatable bonds is 7. The maximum absolute atomic E-state index is 12.2. The maximum atomic E-state index is 12.2. The van der Waals surface area contributed by atoms with Gasteiger partial charge >= 0.3 is 5.97 Å². The van der Waals surface area contributed by atoms with Gasteiger partial charge in [0.1, 0.15) is 4.34 Å². The standard InChI is InChI=1S/C17H17N3O4S2/c1-19(2)7-8-25-17-18-11(10-26-17)9-14(21)24-20-15(22)12-5-3-4-6-13(12)16(20)23/h3-6,10H,7-9H2,1-2H3. The van der Waals surface area contributed by atoms with E-state index in [1.165, 1.54) is 23.5 Å². The van der Waals surface area contributed by atoms with Crippen molar-refractivity contribution in [2.75, 3.05) is 26.4 Å². The smallest absolute Gasteiger partial charge is 0.329 e. The molecule has 136 valence electrons. The molecule has 0 bridgehead atoms. The van der Waals surface area contributed by atoms with Gasteiger partial charge in [-0.05, 0) is 26.2 Å². The summed E-state index contributed by atoms with van der Waals surface area (Å²) in [6.45, 7) is 0.932. The molecule has 0 atom stereocenters. The number of amides is 2. The minimum atomic E-state index is -0.699.